The van der Waals surface area contributed by atoms with Crippen LogP contribution in [0, 0.1) is 5.92 Å². The van der Waals surface area contributed by atoms with Gasteiger partial charge in [-0.05, 0) is 96.0 Å². The van der Waals surface area contributed by atoms with Crippen molar-refractivity contribution in [2.75, 3.05) is 6.61 Å². The van der Waals surface area contributed by atoms with E-state index < -0.39 is 145 Å². The molecule has 24 heteroatoms. The van der Waals surface area contributed by atoms with E-state index in [1.165, 1.54) is 19.1 Å². The molecular formula is C60H100O23S. The molecule has 2 heterocycles. The van der Waals surface area contributed by atoms with Gasteiger partial charge >= 0.3 is 10.4 Å². The number of aliphatic hydroxyl groups is 17. The SMILES string of the molecule is C=CCC/C=C/C=C/C=C/CC/C=C/[C@@H](O)[C@H](O)[C@@H]1O[C@@H]([C@H](O)[C@@H](O)C(=C)CC[C@@H](O)[C@H]2C[C@@H](O)[C@@H](O)[C@H]([C@@H](O)[C@H](O)/C=C(\C)CC[C@H](O)C[C@H](O)[C@H](O)C(C)C(O)C(O)C/C=C/CC(O)/C=C/CCCCCOS(=O)(=O)O)O2)C[C@@H](O)[C@H]1O. The lowest BCUT2D eigenvalue weighted by molar-refractivity contribution is -0.234. The average Bonchev–Trinajstić information content (AvgIpc) is 3.20. The maximum atomic E-state index is 11.2. The Labute approximate surface area is 495 Å². The molecule has 2 aliphatic rings. The number of aliphatic hydroxyl groups excluding tert-OH is 17. The summed E-state index contributed by atoms with van der Waals surface area (Å²) in [6, 6.07) is 0. The van der Waals surface area contributed by atoms with Gasteiger partial charge in [0.25, 0.3) is 0 Å². The zero-order chi connectivity index (χ0) is 63.1. The lowest BCUT2D eigenvalue weighted by atomic mass is 9.86. The molecule has 23 nitrogen and oxygen atoms in total. The lowest BCUT2D eigenvalue weighted by Crippen LogP contribution is -2.59. The van der Waals surface area contributed by atoms with Gasteiger partial charge in [0, 0.05) is 25.2 Å². The van der Waals surface area contributed by atoms with Crippen molar-refractivity contribution in [2.45, 2.75) is 251 Å². The van der Waals surface area contributed by atoms with Crippen molar-refractivity contribution in [2.24, 2.45) is 5.92 Å². The molecule has 0 aromatic carbocycles. The summed E-state index contributed by atoms with van der Waals surface area (Å²) in [6.45, 7) is 10.4. The summed E-state index contributed by atoms with van der Waals surface area (Å²) in [5.74, 6) is -1.04. The van der Waals surface area contributed by atoms with Crippen molar-refractivity contribution in [3.63, 3.8) is 0 Å². The average molecular weight is 1220 g/mol. The van der Waals surface area contributed by atoms with E-state index in [4.69, 9.17) is 14.0 Å². The van der Waals surface area contributed by atoms with Gasteiger partial charge in [0.15, 0.2) is 0 Å². The Balaban J connectivity index is 1.84. The molecule has 0 amide bonds. The van der Waals surface area contributed by atoms with Crippen LogP contribution in [-0.2, 0) is 24.1 Å². The Morgan fingerprint density at radius 1 is 0.619 bits per heavy atom. The van der Waals surface area contributed by atoms with Gasteiger partial charge in [0.2, 0.25) is 0 Å². The minimum absolute atomic E-state index is 0.000684. The number of unbranched alkanes of at least 4 members (excludes halogenated alkanes) is 5. The molecule has 84 heavy (non-hydrogen) atoms. The van der Waals surface area contributed by atoms with Gasteiger partial charge in [-0.15, -0.1) is 6.58 Å². The Kier molecular flexibility index (Phi) is 37.6. The van der Waals surface area contributed by atoms with Crippen LogP contribution in [0.15, 0.2) is 109 Å². The second-order valence-electron chi connectivity index (χ2n) is 22.1. The second-order valence-corrected chi connectivity index (χ2v) is 23.2. The van der Waals surface area contributed by atoms with Crippen LogP contribution >= 0.6 is 0 Å². The van der Waals surface area contributed by atoms with Crippen molar-refractivity contribution in [1.29, 1.82) is 0 Å². The summed E-state index contributed by atoms with van der Waals surface area (Å²) < 4.78 is 45.5. The summed E-state index contributed by atoms with van der Waals surface area (Å²) in [7, 11) is -4.46. The third-order valence-electron chi connectivity index (χ3n) is 15.0. The highest BCUT2D eigenvalue weighted by atomic mass is 32.3. The zero-order valence-corrected chi connectivity index (χ0v) is 49.2. The van der Waals surface area contributed by atoms with Crippen molar-refractivity contribution >= 4 is 10.4 Å². The summed E-state index contributed by atoms with van der Waals surface area (Å²) >= 11 is 0. The zero-order valence-electron chi connectivity index (χ0n) is 48.4. The maximum Gasteiger partial charge on any atom is 0.397 e. The molecule has 22 atom stereocenters. The van der Waals surface area contributed by atoms with Gasteiger partial charge in [-0.2, -0.15) is 8.42 Å². The molecule has 0 aliphatic carbocycles. The van der Waals surface area contributed by atoms with E-state index in [9.17, 15) is 95.2 Å². The molecule has 2 saturated heterocycles. The van der Waals surface area contributed by atoms with Gasteiger partial charge in [0.05, 0.1) is 73.8 Å². The number of allylic oxidation sites excluding steroid dienone is 10. The fourth-order valence-electron chi connectivity index (χ4n) is 9.59. The summed E-state index contributed by atoms with van der Waals surface area (Å²) in [4.78, 5) is 0. The molecule has 2 fully saturated rings. The van der Waals surface area contributed by atoms with Crippen LogP contribution in [-0.4, -0.2) is 235 Å². The fourth-order valence-corrected chi connectivity index (χ4v) is 9.92. The van der Waals surface area contributed by atoms with Crippen molar-refractivity contribution in [3.8, 4) is 0 Å². The van der Waals surface area contributed by atoms with E-state index in [0.29, 0.717) is 44.1 Å². The minimum Gasteiger partial charge on any atom is -0.393 e. The second kappa shape index (κ2) is 41.1. The first-order chi connectivity index (χ1) is 39.6. The Bertz CT molecular complexity index is 2170. The van der Waals surface area contributed by atoms with Crippen LogP contribution in [0.4, 0.5) is 0 Å². The van der Waals surface area contributed by atoms with E-state index in [1.54, 1.807) is 37.3 Å². The number of hydrogen-bond donors (Lipinski definition) is 18. The van der Waals surface area contributed by atoms with Gasteiger partial charge in [0.1, 0.15) is 61.0 Å². The minimum atomic E-state index is -4.46. The number of ether oxygens (including phenoxy) is 2. The standard InChI is InChI=1S/C60H100O23S/c1-5-6-7-8-9-10-11-12-13-14-17-20-26-44(65)54(73)59-57(76)48(69)36-50(83-59)58(77)51(70)38(3)29-31-42(63)49-35-47(68)56(75)60(82-49)55(74)45(66)33-37(2)28-30-41(62)34-46(67)53(72)39(4)52(71)43(64)27-22-21-25-40(61)24-19-16-15-18-23-32-81-84(78,79)80/h5,8-13,19-22,24,26,33,39-77H,1,3,6-7,14-18,23,25,27-32,34-36H2,2,4H3,(H,78,79,80)/b9-8+,11-10+,13-12+,22-21+,24-19+,26-20+,37-33+/t39?,40?,41-,42+,43?,44+,45+,46-,47+,48+,49+,50+,51-,52?,53+,54-,55-,56+,57+,58-,59-,60-/m0/s1. The highest BCUT2D eigenvalue weighted by molar-refractivity contribution is 7.80. The van der Waals surface area contributed by atoms with Crippen LogP contribution in [0.3, 0.4) is 0 Å². The normalized spacial score (nSPS) is 27.5. The van der Waals surface area contributed by atoms with Crippen LogP contribution < -0.4 is 0 Å². The van der Waals surface area contributed by atoms with Crippen LogP contribution in [0.2, 0.25) is 0 Å². The van der Waals surface area contributed by atoms with Crippen molar-refractivity contribution in [1.82, 2.24) is 0 Å². The van der Waals surface area contributed by atoms with Gasteiger partial charge in [-0.1, -0.05) is 111 Å². The molecular weight excluding hydrogens is 1120 g/mol. The topological polar surface area (TPSA) is 426 Å². The van der Waals surface area contributed by atoms with E-state index in [1.807, 2.05) is 42.5 Å². The summed E-state index contributed by atoms with van der Waals surface area (Å²) in [6.07, 6.45) is -3.24. The number of rotatable bonds is 42. The first kappa shape index (κ1) is 76.9. The molecule has 0 saturated carbocycles. The van der Waals surface area contributed by atoms with Gasteiger partial charge in [-0.25, -0.2) is 4.18 Å². The third-order valence-corrected chi connectivity index (χ3v) is 15.4. The monoisotopic (exact) mass is 1220 g/mol. The van der Waals surface area contributed by atoms with E-state index in [-0.39, 0.29) is 70.0 Å². The highest BCUT2D eigenvalue weighted by Crippen LogP contribution is 2.32. The third kappa shape index (κ3) is 29.2. The predicted molar refractivity (Wildman–Crippen MR) is 313 cm³/mol. The Morgan fingerprint density at radius 3 is 1.79 bits per heavy atom. The van der Waals surface area contributed by atoms with Gasteiger partial charge in [-0.3, -0.25) is 4.55 Å². The first-order valence-electron chi connectivity index (χ1n) is 29.0. The largest absolute Gasteiger partial charge is 0.397 e. The van der Waals surface area contributed by atoms with E-state index in [2.05, 4.69) is 17.3 Å². The van der Waals surface area contributed by atoms with Crippen molar-refractivity contribution < 1.29 is 113 Å². The highest BCUT2D eigenvalue weighted by Gasteiger charge is 2.47. The molecule has 484 valence electrons. The van der Waals surface area contributed by atoms with Gasteiger partial charge < -0.3 is 96.3 Å². The van der Waals surface area contributed by atoms with Crippen LogP contribution in [0.5, 0.6) is 0 Å². The van der Waals surface area contributed by atoms with Crippen molar-refractivity contribution in [3.05, 3.63) is 109 Å². The summed E-state index contributed by atoms with van der Waals surface area (Å²) in [5.41, 5.74) is 0.448. The smallest absolute Gasteiger partial charge is 0.393 e. The molecule has 0 spiro atoms. The number of hydrogen-bond acceptors (Lipinski definition) is 22. The fraction of sp³-hybridized carbons (Fsp3) is 0.700. The quantitative estimate of drug-likeness (QED) is 0.0174. The first-order valence-corrected chi connectivity index (χ1v) is 30.4. The predicted octanol–water partition coefficient (Wildman–Crippen LogP) is 0.769. The molecule has 0 aromatic heterocycles. The molecule has 2 rings (SSSR count). The Hall–Kier alpha value is -3.23. The molecule has 0 aromatic rings. The van der Waals surface area contributed by atoms with Crippen LogP contribution in [0.1, 0.15) is 123 Å². The summed E-state index contributed by atoms with van der Waals surface area (Å²) in [5, 5.41) is 184. The molecule has 0 bridgehead atoms. The van der Waals surface area contributed by atoms with Crippen LogP contribution in [0.25, 0.3) is 0 Å². The molecule has 2 aliphatic heterocycles. The van der Waals surface area contributed by atoms with E-state index in [0.717, 1.165) is 12.8 Å². The molecule has 4 unspecified atom stereocenters. The molecule has 18 N–H and O–H groups in total. The van der Waals surface area contributed by atoms with E-state index >= 15 is 0 Å². The Morgan fingerprint density at radius 2 is 1.17 bits per heavy atom. The lowest BCUT2D eigenvalue weighted by Gasteiger charge is -2.42. The molecule has 0 radical (unpaired) electrons. The maximum absolute atomic E-state index is 11.2.